The van der Waals surface area contributed by atoms with Crippen LogP contribution in [0.15, 0.2) is 42.6 Å². The molecule has 0 saturated carbocycles. The molecule has 136 valence electrons. The first-order valence-electron chi connectivity index (χ1n) is 9.01. The Balaban J connectivity index is 1.37. The molecule has 26 heavy (non-hydrogen) atoms. The molecule has 0 atom stereocenters. The van der Waals surface area contributed by atoms with Crippen LogP contribution in [0.4, 0.5) is 11.5 Å². The van der Waals surface area contributed by atoms with Gasteiger partial charge in [-0.05, 0) is 31.2 Å². The van der Waals surface area contributed by atoms with Gasteiger partial charge >= 0.3 is 0 Å². The topological polar surface area (TPSA) is 63.7 Å². The van der Waals surface area contributed by atoms with E-state index in [9.17, 15) is 4.79 Å². The first-order valence-corrected chi connectivity index (χ1v) is 9.01. The van der Waals surface area contributed by atoms with Crippen LogP contribution in [-0.2, 0) is 9.47 Å². The number of nitrogens with zero attached hydrogens (tertiary/aromatic N) is 2. The molecule has 2 saturated heterocycles. The SMILES string of the molecule is Cc1cccc(C(=O)Nc2ccc(N3CCC4(CC3)OCCO4)nc2)c1. The Bertz CT molecular complexity index is 775. The van der Waals surface area contributed by atoms with Crippen LogP contribution in [0.1, 0.15) is 28.8 Å². The molecular formula is C20H23N3O3. The molecule has 2 aliphatic rings. The lowest BCUT2D eigenvalue weighted by Gasteiger charge is -2.38. The molecule has 1 aromatic carbocycles. The van der Waals surface area contributed by atoms with Crippen molar-refractivity contribution in [1.82, 2.24) is 4.98 Å². The van der Waals surface area contributed by atoms with Crippen molar-refractivity contribution in [3.05, 3.63) is 53.7 Å². The van der Waals surface area contributed by atoms with Gasteiger partial charge in [-0.1, -0.05) is 17.7 Å². The van der Waals surface area contributed by atoms with Gasteiger partial charge in [0.2, 0.25) is 0 Å². The van der Waals surface area contributed by atoms with Crippen LogP contribution < -0.4 is 10.2 Å². The predicted molar refractivity (Wildman–Crippen MR) is 99.5 cm³/mol. The Morgan fingerprint density at radius 3 is 2.58 bits per heavy atom. The number of benzene rings is 1. The third kappa shape index (κ3) is 3.57. The Morgan fingerprint density at radius 1 is 1.15 bits per heavy atom. The summed E-state index contributed by atoms with van der Waals surface area (Å²) < 4.78 is 11.5. The number of piperidine rings is 1. The average Bonchev–Trinajstić information content (AvgIpc) is 3.11. The van der Waals surface area contributed by atoms with Crippen LogP contribution in [0.25, 0.3) is 0 Å². The van der Waals surface area contributed by atoms with E-state index in [2.05, 4.69) is 15.2 Å². The van der Waals surface area contributed by atoms with Crippen molar-refractivity contribution in [1.29, 1.82) is 0 Å². The van der Waals surface area contributed by atoms with Crippen molar-refractivity contribution in [3.8, 4) is 0 Å². The number of ether oxygens (including phenoxy) is 2. The van der Waals surface area contributed by atoms with E-state index in [-0.39, 0.29) is 11.7 Å². The smallest absolute Gasteiger partial charge is 0.255 e. The maximum Gasteiger partial charge on any atom is 0.255 e. The third-order valence-corrected chi connectivity index (χ3v) is 4.95. The highest BCUT2D eigenvalue weighted by Crippen LogP contribution is 2.32. The van der Waals surface area contributed by atoms with E-state index in [1.807, 2.05) is 37.3 Å². The largest absolute Gasteiger partial charge is 0.356 e. The van der Waals surface area contributed by atoms with E-state index < -0.39 is 0 Å². The number of pyridine rings is 1. The van der Waals surface area contributed by atoms with Gasteiger partial charge in [-0.3, -0.25) is 4.79 Å². The molecule has 0 bridgehead atoms. The van der Waals surface area contributed by atoms with Crippen molar-refractivity contribution in [2.75, 3.05) is 36.5 Å². The van der Waals surface area contributed by atoms with Crippen LogP contribution in [0.3, 0.4) is 0 Å². The highest BCUT2D eigenvalue weighted by atomic mass is 16.7. The lowest BCUT2D eigenvalue weighted by Crippen LogP contribution is -2.45. The molecular weight excluding hydrogens is 330 g/mol. The van der Waals surface area contributed by atoms with Crippen LogP contribution in [-0.4, -0.2) is 43.0 Å². The standard InChI is InChI=1S/C20H23N3O3/c1-15-3-2-4-16(13-15)19(24)22-17-5-6-18(21-14-17)23-9-7-20(8-10-23)25-11-12-26-20/h2-6,13-14H,7-12H2,1H3,(H,22,24). The van der Waals surface area contributed by atoms with Crippen LogP contribution >= 0.6 is 0 Å². The van der Waals surface area contributed by atoms with Gasteiger partial charge < -0.3 is 19.7 Å². The lowest BCUT2D eigenvalue weighted by molar-refractivity contribution is -0.169. The number of amides is 1. The maximum absolute atomic E-state index is 12.3. The molecule has 1 aromatic heterocycles. The van der Waals surface area contributed by atoms with E-state index in [1.165, 1.54) is 0 Å². The first kappa shape index (κ1) is 17.0. The van der Waals surface area contributed by atoms with Crippen LogP contribution in [0, 0.1) is 6.92 Å². The minimum Gasteiger partial charge on any atom is -0.356 e. The highest BCUT2D eigenvalue weighted by Gasteiger charge is 2.39. The summed E-state index contributed by atoms with van der Waals surface area (Å²) in [6.45, 7) is 5.04. The molecule has 2 aromatic rings. The van der Waals surface area contributed by atoms with E-state index in [1.54, 1.807) is 12.3 Å². The zero-order valence-corrected chi connectivity index (χ0v) is 14.9. The highest BCUT2D eigenvalue weighted by molar-refractivity contribution is 6.04. The molecule has 1 spiro atoms. The molecule has 2 aliphatic heterocycles. The Kier molecular flexibility index (Phi) is 4.61. The fourth-order valence-corrected chi connectivity index (χ4v) is 3.50. The number of aromatic nitrogens is 1. The van der Waals surface area contributed by atoms with Crippen LogP contribution in [0.2, 0.25) is 0 Å². The Morgan fingerprint density at radius 2 is 1.92 bits per heavy atom. The summed E-state index contributed by atoms with van der Waals surface area (Å²) in [6.07, 6.45) is 3.40. The van der Waals surface area contributed by atoms with E-state index in [0.717, 1.165) is 37.3 Å². The predicted octanol–water partition coefficient (Wildman–Crippen LogP) is 2.99. The number of anilines is 2. The molecule has 0 aliphatic carbocycles. The fourth-order valence-electron chi connectivity index (χ4n) is 3.50. The number of carbonyl (C=O) groups is 1. The van der Waals surface area contributed by atoms with Gasteiger partial charge in [-0.15, -0.1) is 0 Å². The summed E-state index contributed by atoms with van der Waals surface area (Å²) in [5, 5.41) is 2.90. The summed E-state index contributed by atoms with van der Waals surface area (Å²) >= 11 is 0. The monoisotopic (exact) mass is 353 g/mol. The molecule has 6 heteroatoms. The molecule has 0 radical (unpaired) electrons. The zero-order valence-electron chi connectivity index (χ0n) is 14.9. The van der Waals surface area contributed by atoms with Crippen LogP contribution in [0.5, 0.6) is 0 Å². The minimum atomic E-state index is -0.377. The average molecular weight is 353 g/mol. The number of carbonyl (C=O) groups excluding carboxylic acids is 1. The summed E-state index contributed by atoms with van der Waals surface area (Å²) in [6, 6.07) is 11.4. The van der Waals surface area contributed by atoms with Crippen molar-refractivity contribution < 1.29 is 14.3 Å². The number of hydrogen-bond donors (Lipinski definition) is 1. The van der Waals surface area contributed by atoms with Crippen molar-refractivity contribution in [2.45, 2.75) is 25.6 Å². The molecule has 1 N–H and O–H groups in total. The molecule has 1 amide bonds. The third-order valence-electron chi connectivity index (χ3n) is 4.95. The molecule has 3 heterocycles. The lowest BCUT2D eigenvalue weighted by atomic mass is 10.0. The van der Waals surface area contributed by atoms with E-state index >= 15 is 0 Å². The fraction of sp³-hybridized carbons (Fsp3) is 0.400. The quantitative estimate of drug-likeness (QED) is 0.919. The van der Waals surface area contributed by atoms with E-state index in [4.69, 9.17) is 9.47 Å². The second kappa shape index (κ2) is 7.05. The van der Waals surface area contributed by atoms with Gasteiger partial charge in [-0.25, -0.2) is 4.98 Å². The van der Waals surface area contributed by atoms with Crippen molar-refractivity contribution >= 4 is 17.4 Å². The zero-order chi connectivity index (χ0) is 18.0. The Labute approximate surface area is 153 Å². The van der Waals surface area contributed by atoms with Gasteiger partial charge in [0.05, 0.1) is 25.1 Å². The van der Waals surface area contributed by atoms with Gasteiger partial charge in [0.25, 0.3) is 5.91 Å². The summed E-state index contributed by atoms with van der Waals surface area (Å²) in [5.41, 5.74) is 2.40. The van der Waals surface area contributed by atoms with Gasteiger partial charge in [-0.2, -0.15) is 0 Å². The number of rotatable bonds is 3. The molecule has 4 rings (SSSR count). The minimum absolute atomic E-state index is 0.126. The second-order valence-corrected chi connectivity index (χ2v) is 6.82. The first-order chi connectivity index (χ1) is 12.6. The van der Waals surface area contributed by atoms with Gasteiger partial charge in [0, 0.05) is 31.5 Å². The van der Waals surface area contributed by atoms with Crippen molar-refractivity contribution in [2.24, 2.45) is 0 Å². The Hall–Kier alpha value is -2.44. The number of nitrogens with one attached hydrogen (secondary N) is 1. The summed E-state index contributed by atoms with van der Waals surface area (Å²) in [5.74, 6) is 0.406. The molecule has 6 nitrogen and oxygen atoms in total. The normalized spacial score (nSPS) is 18.9. The maximum atomic E-state index is 12.3. The number of hydrogen-bond acceptors (Lipinski definition) is 5. The molecule has 0 unspecified atom stereocenters. The van der Waals surface area contributed by atoms with Crippen molar-refractivity contribution in [3.63, 3.8) is 0 Å². The number of aryl methyl sites for hydroxylation is 1. The summed E-state index contributed by atoms with van der Waals surface area (Å²) in [4.78, 5) is 19.1. The summed E-state index contributed by atoms with van der Waals surface area (Å²) in [7, 11) is 0. The van der Waals surface area contributed by atoms with Gasteiger partial charge in [0.1, 0.15) is 5.82 Å². The molecule has 2 fully saturated rings. The van der Waals surface area contributed by atoms with Gasteiger partial charge in [0.15, 0.2) is 5.79 Å². The second-order valence-electron chi connectivity index (χ2n) is 6.82. The van der Waals surface area contributed by atoms with E-state index in [0.29, 0.717) is 24.5 Å².